The van der Waals surface area contributed by atoms with E-state index in [0.29, 0.717) is 12.8 Å². The number of hydrogen-bond acceptors (Lipinski definition) is 6. The molecule has 0 bridgehead atoms. The minimum absolute atomic E-state index is 0.493. The molecule has 0 atom stereocenters. The highest BCUT2D eigenvalue weighted by molar-refractivity contribution is 7.97. The summed E-state index contributed by atoms with van der Waals surface area (Å²) in [5, 5.41) is 3.36. The van der Waals surface area contributed by atoms with E-state index >= 15 is 0 Å². The van der Waals surface area contributed by atoms with Gasteiger partial charge in [-0.1, -0.05) is 0 Å². The van der Waals surface area contributed by atoms with Gasteiger partial charge in [-0.3, -0.25) is 0 Å². The molecule has 158 valence electrons. The molecule has 1 amide bonds. The van der Waals surface area contributed by atoms with Gasteiger partial charge in [0.25, 0.3) is 0 Å². The number of nitrogens with zero attached hydrogens (tertiary/aromatic N) is 4. The summed E-state index contributed by atoms with van der Waals surface area (Å²) in [6.07, 6.45) is 6.40. The summed E-state index contributed by atoms with van der Waals surface area (Å²) in [4.78, 5) is 20.5. The number of rotatable bonds is 5. The SMILES string of the molecule is CC(C)(C)OC(=O)N(Sc1cc(N2CCNCC2)c2nccn2c1)C1(CF)CC1. The fourth-order valence-corrected chi connectivity index (χ4v) is 4.52. The van der Waals surface area contributed by atoms with Crippen LogP contribution in [0.25, 0.3) is 5.65 Å². The van der Waals surface area contributed by atoms with E-state index in [1.165, 1.54) is 16.3 Å². The maximum Gasteiger partial charge on any atom is 0.421 e. The van der Waals surface area contributed by atoms with Gasteiger partial charge in [-0.15, -0.1) is 0 Å². The normalized spacial score (nSPS) is 18.7. The van der Waals surface area contributed by atoms with Crippen LogP contribution in [0.1, 0.15) is 33.6 Å². The second-order valence-corrected chi connectivity index (χ2v) is 9.70. The van der Waals surface area contributed by atoms with Gasteiger partial charge in [-0.25, -0.2) is 18.5 Å². The summed E-state index contributed by atoms with van der Waals surface area (Å²) in [6, 6.07) is 2.05. The molecule has 0 radical (unpaired) electrons. The van der Waals surface area contributed by atoms with Crippen molar-refractivity contribution in [2.45, 2.75) is 49.6 Å². The maximum absolute atomic E-state index is 13.9. The number of fused-ring (bicyclic) bond motifs is 1. The van der Waals surface area contributed by atoms with Crippen LogP contribution >= 0.6 is 11.9 Å². The van der Waals surface area contributed by atoms with E-state index < -0.39 is 23.9 Å². The molecule has 7 nitrogen and oxygen atoms in total. The van der Waals surface area contributed by atoms with Gasteiger partial charge < -0.3 is 19.4 Å². The molecule has 29 heavy (non-hydrogen) atoms. The molecule has 0 spiro atoms. The van der Waals surface area contributed by atoms with Crippen LogP contribution < -0.4 is 10.2 Å². The lowest BCUT2D eigenvalue weighted by atomic mass is 10.2. The number of nitrogens with one attached hydrogen (secondary N) is 1. The molecule has 1 saturated carbocycles. The van der Waals surface area contributed by atoms with Gasteiger partial charge in [-0.2, -0.15) is 0 Å². The smallest absolute Gasteiger partial charge is 0.421 e. The van der Waals surface area contributed by atoms with Crippen LogP contribution in [0.4, 0.5) is 14.9 Å². The number of amides is 1. The Morgan fingerprint density at radius 1 is 1.38 bits per heavy atom. The van der Waals surface area contributed by atoms with Crippen molar-refractivity contribution < 1.29 is 13.9 Å². The van der Waals surface area contributed by atoms with Crippen molar-refractivity contribution in [1.29, 1.82) is 0 Å². The summed E-state index contributed by atoms with van der Waals surface area (Å²) in [5.41, 5.74) is 0.497. The number of imidazole rings is 1. The predicted octanol–water partition coefficient (Wildman–Crippen LogP) is 3.49. The molecule has 2 fully saturated rings. The van der Waals surface area contributed by atoms with Gasteiger partial charge in [0.1, 0.15) is 12.3 Å². The Hall–Kier alpha value is -2.00. The number of anilines is 1. The Bertz CT molecular complexity index is 887. The lowest BCUT2D eigenvalue weighted by Crippen LogP contribution is -2.43. The Labute approximate surface area is 174 Å². The minimum atomic E-state index is -0.772. The number of halogens is 1. The second kappa shape index (κ2) is 7.68. The maximum atomic E-state index is 13.9. The molecule has 2 aliphatic rings. The van der Waals surface area contributed by atoms with Gasteiger partial charge in [0, 0.05) is 49.7 Å². The van der Waals surface area contributed by atoms with Gasteiger partial charge in [-0.05, 0) is 51.6 Å². The van der Waals surface area contributed by atoms with Crippen molar-refractivity contribution in [3.8, 4) is 0 Å². The zero-order chi connectivity index (χ0) is 20.6. The summed E-state index contributed by atoms with van der Waals surface area (Å²) in [7, 11) is 0. The molecule has 0 aromatic carbocycles. The number of ether oxygens (including phenoxy) is 1. The molecule has 4 rings (SSSR count). The number of carbonyl (C=O) groups excluding carboxylic acids is 1. The molecular weight excluding hydrogens is 393 g/mol. The third-order valence-corrected chi connectivity index (χ3v) is 6.32. The van der Waals surface area contributed by atoms with Gasteiger partial charge in [0.2, 0.25) is 0 Å². The van der Waals surface area contributed by atoms with E-state index in [2.05, 4.69) is 15.2 Å². The average molecular weight is 422 g/mol. The fourth-order valence-electron chi connectivity index (χ4n) is 3.45. The summed E-state index contributed by atoms with van der Waals surface area (Å²) in [6.45, 7) is 8.51. The van der Waals surface area contributed by atoms with E-state index in [9.17, 15) is 9.18 Å². The standard InChI is InChI=1S/C20H28FN5O2S/c1-19(2,3)28-18(27)26(20(14-21)4-5-20)29-15-12-16(24-9-6-22-7-10-24)17-23-8-11-25(17)13-15/h8,11-13,22H,4-7,9-10,14H2,1-3H3. The number of alkyl halides is 1. The van der Waals surface area contributed by atoms with Crippen LogP contribution in [-0.2, 0) is 4.74 Å². The van der Waals surface area contributed by atoms with E-state index in [1.54, 1.807) is 6.20 Å². The molecule has 1 aliphatic heterocycles. The largest absolute Gasteiger partial charge is 0.443 e. The third kappa shape index (κ3) is 4.30. The van der Waals surface area contributed by atoms with E-state index in [1.807, 2.05) is 43.6 Å². The third-order valence-electron chi connectivity index (χ3n) is 5.16. The first-order valence-corrected chi connectivity index (χ1v) is 10.8. The number of pyridine rings is 1. The lowest BCUT2D eigenvalue weighted by molar-refractivity contribution is 0.0320. The molecule has 0 unspecified atom stereocenters. The number of piperazine rings is 1. The van der Waals surface area contributed by atoms with Crippen molar-refractivity contribution in [2.75, 3.05) is 37.8 Å². The highest BCUT2D eigenvalue weighted by Crippen LogP contribution is 2.48. The highest BCUT2D eigenvalue weighted by atomic mass is 32.2. The minimum Gasteiger partial charge on any atom is -0.443 e. The molecule has 1 saturated heterocycles. The molecule has 2 aromatic heterocycles. The fraction of sp³-hybridized carbons (Fsp3) is 0.600. The highest BCUT2D eigenvalue weighted by Gasteiger charge is 2.52. The number of aromatic nitrogens is 2. The molecule has 9 heteroatoms. The van der Waals surface area contributed by atoms with Crippen LogP contribution in [0.2, 0.25) is 0 Å². The van der Waals surface area contributed by atoms with Crippen molar-refractivity contribution >= 4 is 29.4 Å². The zero-order valence-electron chi connectivity index (χ0n) is 17.2. The molecular formula is C20H28FN5O2S. The molecule has 2 aromatic rings. The number of hydrogen-bond donors (Lipinski definition) is 1. The Morgan fingerprint density at radius 3 is 2.72 bits per heavy atom. The van der Waals surface area contributed by atoms with Gasteiger partial charge >= 0.3 is 6.09 Å². The quantitative estimate of drug-likeness (QED) is 0.746. The van der Waals surface area contributed by atoms with Crippen LogP contribution in [0.15, 0.2) is 29.6 Å². The van der Waals surface area contributed by atoms with Crippen LogP contribution in [0.3, 0.4) is 0 Å². The van der Waals surface area contributed by atoms with Crippen LogP contribution in [0, 0.1) is 0 Å². The predicted molar refractivity (Wildman–Crippen MR) is 112 cm³/mol. The van der Waals surface area contributed by atoms with Crippen molar-refractivity contribution in [1.82, 2.24) is 19.0 Å². The Balaban J connectivity index is 1.66. The molecule has 1 N–H and O–H groups in total. The summed E-state index contributed by atoms with van der Waals surface area (Å²) >= 11 is 1.26. The lowest BCUT2D eigenvalue weighted by Gasteiger charge is -2.32. The first kappa shape index (κ1) is 20.3. The van der Waals surface area contributed by atoms with Crippen LogP contribution in [0.5, 0.6) is 0 Å². The van der Waals surface area contributed by atoms with Crippen LogP contribution in [-0.4, -0.2) is 63.8 Å². The van der Waals surface area contributed by atoms with E-state index in [4.69, 9.17) is 4.74 Å². The molecule has 1 aliphatic carbocycles. The molecule has 3 heterocycles. The average Bonchev–Trinajstić information content (AvgIpc) is 3.33. The first-order valence-electron chi connectivity index (χ1n) is 10.0. The van der Waals surface area contributed by atoms with Gasteiger partial charge in [0.15, 0.2) is 5.65 Å². The Morgan fingerprint density at radius 2 is 2.10 bits per heavy atom. The van der Waals surface area contributed by atoms with E-state index in [0.717, 1.165) is 42.4 Å². The number of carbonyl (C=O) groups is 1. The van der Waals surface area contributed by atoms with Gasteiger partial charge in [0.05, 0.1) is 11.2 Å². The van der Waals surface area contributed by atoms with Crippen molar-refractivity contribution in [2.24, 2.45) is 0 Å². The zero-order valence-corrected chi connectivity index (χ0v) is 18.0. The van der Waals surface area contributed by atoms with E-state index in [-0.39, 0.29) is 0 Å². The Kier molecular flexibility index (Phi) is 5.37. The van der Waals surface area contributed by atoms with Crippen molar-refractivity contribution in [3.63, 3.8) is 0 Å². The summed E-state index contributed by atoms with van der Waals surface area (Å²) in [5.74, 6) is 0. The monoisotopic (exact) mass is 421 g/mol. The summed E-state index contributed by atoms with van der Waals surface area (Å²) < 4.78 is 22.9. The van der Waals surface area contributed by atoms with Crippen molar-refractivity contribution in [3.05, 3.63) is 24.7 Å². The topological polar surface area (TPSA) is 62.1 Å². The second-order valence-electron chi connectivity index (χ2n) is 8.68. The first-order chi connectivity index (χ1) is 13.8.